The summed E-state index contributed by atoms with van der Waals surface area (Å²) in [5.41, 5.74) is 0. The molecule has 1 aliphatic heterocycles. The summed E-state index contributed by atoms with van der Waals surface area (Å²) in [6.07, 6.45) is 4.27. The smallest absolute Gasteiger partial charge is 0.191 e. The third kappa shape index (κ3) is 8.58. The predicted molar refractivity (Wildman–Crippen MR) is 93.1 cm³/mol. The zero-order chi connectivity index (χ0) is 16.6. The Balaban J connectivity index is 2.44. The maximum absolute atomic E-state index is 11.2. The largest absolute Gasteiger partial charge is 0.357 e. The van der Waals surface area contributed by atoms with Crippen LogP contribution in [0.2, 0.25) is 0 Å². The monoisotopic (exact) mass is 332 g/mol. The summed E-state index contributed by atoms with van der Waals surface area (Å²) in [5.74, 6) is 1.65. The Labute approximate surface area is 135 Å². The lowest BCUT2D eigenvalue weighted by Crippen LogP contribution is -2.43. The van der Waals surface area contributed by atoms with E-state index >= 15 is 0 Å². The third-order valence-electron chi connectivity index (χ3n) is 3.99. The van der Waals surface area contributed by atoms with Crippen LogP contribution in [0.5, 0.6) is 0 Å². The topological polar surface area (TPSA) is 73.8 Å². The van der Waals surface area contributed by atoms with Crippen LogP contribution >= 0.6 is 0 Å². The van der Waals surface area contributed by atoms with Crippen molar-refractivity contribution in [3.8, 4) is 0 Å². The van der Waals surface area contributed by atoms with Gasteiger partial charge < -0.3 is 15.5 Å². The van der Waals surface area contributed by atoms with E-state index in [1.54, 1.807) is 0 Å². The standard InChI is InChI=1S/C15H32N4O2S/c1-5-16-15(18-13(2)8-11-22(4,20)21)17-12-14-6-9-19(3)10-7-14/h13-14H,5-12H2,1-4H3,(H2,16,17,18). The molecule has 0 bridgehead atoms. The number of hydrogen-bond acceptors (Lipinski definition) is 4. The summed E-state index contributed by atoms with van der Waals surface area (Å²) in [5, 5.41) is 6.54. The quantitative estimate of drug-likeness (QED) is 0.530. The number of hydrogen-bond donors (Lipinski definition) is 2. The summed E-state index contributed by atoms with van der Waals surface area (Å²) in [6.45, 7) is 7.96. The second-order valence-electron chi connectivity index (χ2n) is 6.43. The Bertz CT molecular complexity index is 442. The van der Waals surface area contributed by atoms with E-state index in [0.717, 1.165) is 32.1 Å². The van der Waals surface area contributed by atoms with Crippen molar-refractivity contribution in [2.75, 3.05) is 45.2 Å². The first-order valence-corrected chi connectivity index (χ1v) is 10.3. The van der Waals surface area contributed by atoms with Crippen LogP contribution in [0.3, 0.4) is 0 Å². The van der Waals surface area contributed by atoms with E-state index in [1.807, 2.05) is 13.8 Å². The third-order valence-corrected chi connectivity index (χ3v) is 4.97. The number of rotatable bonds is 7. The Hall–Kier alpha value is -0.820. The van der Waals surface area contributed by atoms with Crippen LogP contribution in [0.1, 0.15) is 33.1 Å². The number of guanidine groups is 1. The SMILES string of the molecule is CCNC(=NCC1CCN(C)CC1)NC(C)CCS(C)(=O)=O. The molecule has 0 radical (unpaired) electrons. The molecule has 0 amide bonds. The van der Waals surface area contributed by atoms with Crippen LogP contribution in [-0.2, 0) is 9.84 Å². The fourth-order valence-corrected chi connectivity index (χ4v) is 3.26. The molecule has 1 unspecified atom stereocenters. The molecule has 1 heterocycles. The second kappa shape index (κ2) is 9.35. The van der Waals surface area contributed by atoms with E-state index in [9.17, 15) is 8.42 Å². The van der Waals surface area contributed by atoms with Gasteiger partial charge in [-0.15, -0.1) is 0 Å². The van der Waals surface area contributed by atoms with Crippen LogP contribution in [0.15, 0.2) is 4.99 Å². The summed E-state index contributed by atoms with van der Waals surface area (Å²) in [4.78, 5) is 7.03. The van der Waals surface area contributed by atoms with Gasteiger partial charge in [0.2, 0.25) is 0 Å². The van der Waals surface area contributed by atoms with E-state index in [0.29, 0.717) is 12.3 Å². The average Bonchev–Trinajstić information content (AvgIpc) is 2.44. The highest BCUT2D eigenvalue weighted by molar-refractivity contribution is 7.90. The number of likely N-dealkylation sites (tertiary alicyclic amines) is 1. The van der Waals surface area contributed by atoms with Crippen molar-refractivity contribution in [2.45, 2.75) is 39.2 Å². The van der Waals surface area contributed by atoms with Gasteiger partial charge in [-0.3, -0.25) is 4.99 Å². The minimum atomic E-state index is -2.91. The van der Waals surface area contributed by atoms with Gasteiger partial charge in [-0.2, -0.15) is 0 Å². The van der Waals surface area contributed by atoms with Crippen molar-refractivity contribution in [2.24, 2.45) is 10.9 Å². The molecular weight excluding hydrogens is 300 g/mol. The molecule has 6 nitrogen and oxygen atoms in total. The fraction of sp³-hybridized carbons (Fsp3) is 0.933. The molecule has 1 saturated heterocycles. The van der Waals surface area contributed by atoms with E-state index in [4.69, 9.17) is 0 Å². The fourth-order valence-electron chi connectivity index (χ4n) is 2.48. The molecule has 130 valence electrons. The normalized spacial score (nSPS) is 19.9. The molecular formula is C15H32N4O2S. The van der Waals surface area contributed by atoms with Gasteiger partial charge in [0.15, 0.2) is 5.96 Å². The molecule has 0 aromatic rings. The van der Waals surface area contributed by atoms with Gasteiger partial charge in [0.1, 0.15) is 9.84 Å². The van der Waals surface area contributed by atoms with Crippen LogP contribution in [0, 0.1) is 5.92 Å². The molecule has 7 heteroatoms. The highest BCUT2D eigenvalue weighted by Gasteiger charge is 2.16. The number of nitrogens with zero attached hydrogens (tertiary/aromatic N) is 2. The molecule has 0 aromatic heterocycles. The molecule has 2 N–H and O–H groups in total. The molecule has 22 heavy (non-hydrogen) atoms. The second-order valence-corrected chi connectivity index (χ2v) is 8.69. The van der Waals surface area contributed by atoms with E-state index in [1.165, 1.54) is 19.1 Å². The first-order chi connectivity index (χ1) is 10.3. The van der Waals surface area contributed by atoms with Crippen molar-refractivity contribution in [3.63, 3.8) is 0 Å². The predicted octanol–water partition coefficient (Wildman–Crippen LogP) is 0.707. The number of sulfone groups is 1. The van der Waals surface area contributed by atoms with Gasteiger partial charge in [-0.1, -0.05) is 0 Å². The number of piperidine rings is 1. The molecule has 0 saturated carbocycles. The van der Waals surface area contributed by atoms with Crippen LogP contribution in [-0.4, -0.2) is 70.6 Å². The Morgan fingerprint density at radius 2 is 2.00 bits per heavy atom. The van der Waals surface area contributed by atoms with Crippen LogP contribution in [0.25, 0.3) is 0 Å². The minimum absolute atomic E-state index is 0.0880. The summed E-state index contributed by atoms with van der Waals surface area (Å²) in [7, 11) is -0.746. The lowest BCUT2D eigenvalue weighted by Gasteiger charge is -2.28. The van der Waals surface area contributed by atoms with E-state index in [-0.39, 0.29) is 11.8 Å². The maximum atomic E-state index is 11.2. The van der Waals surface area contributed by atoms with Gasteiger partial charge in [-0.05, 0) is 59.2 Å². The van der Waals surface area contributed by atoms with E-state index < -0.39 is 9.84 Å². The lowest BCUT2D eigenvalue weighted by atomic mass is 9.97. The van der Waals surface area contributed by atoms with Gasteiger partial charge in [0.25, 0.3) is 0 Å². The molecule has 1 fully saturated rings. The molecule has 0 spiro atoms. The first-order valence-electron chi connectivity index (χ1n) is 8.21. The zero-order valence-corrected chi connectivity index (χ0v) is 15.2. The molecule has 0 aromatic carbocycles. The summed E-state index contributed by atoms with van der Waals surface area (Å²) in [6, 6.07) is 0.0880. The van der Waals surface area contributed by atoms with Gasteiger partial charge in [0.05, 0.1) is 5.75 Å². The van der Waals surface area contributed by atoms with Gasteiger partial charge in [-0.25, -0.2) is 8.42 Å². The van der Waals surface area contributed by atoms with Crippen molar-refractivity contribution >= 4 is 15.8 Å². The molecule has 1 atom stereocenters. The maximum Gasteiger partial charge on any atom is 0.191 e. The van der Waals surface area contributed by atoms with Gasteiger partial charge >= 0.3 is 0 Å². The van der Waals surface area contributed by atoms with Crippen molar-refractivity contribution in [3.05, 3.63) is 0 Å². The molecule has 1 rings (SSSR count). The summed E-state index contributed by atoms with van der Waals surface area (Å²) >= 11 is 0. The van der Waals surface area contributed by atoms with Gasteiger partial charge in [0, 0.05) is 25.4 Å². The number of nitrogens with one attached hydrogen (secondary N) is 2. The Morgan fingerprint density at radius 1 is 1.36 bits per heavy atom. The Morgan fingerprint density at radius 3 is 2.55 bits per heavy atom. The van der Waals surface area contributed by atoms with Crippen molar-refractivity contribution in [1.82, 2.24) is 15.5 Å². The highest BCUT2D eigenvalue weighted by atomic mass is 32.2. The zero-order valence-electron chi connectivity index (χ0n) is 14.4. The minimum Gasteiger partial charge on any atom is -0.357 e. The average molecular weight is 333 g/mol. The van der Waals surface area contributed by atoms with Crippen molar-refractivity contribution < 1.29 is 8.42 Å². The summed E-state index contributed by atoms with van der Waals surface area (Å²) < 4.78 is 22.5. The van der Waals surface area contributed by atoms with Crippen molar-refractivity contribution in [1.29, 1.82) is 0 Å². The van der Waals surface area contributed by atoms with Crippen LogP contribution < -0.4 is 10.6 Å². The van der Waals surface area contributed by atoms with Crippen LogP contribution in [0.4, 0.5) is 0 Å². The van der Waals surface area contributed by atoms with E-state index in [2.05, 4.69) is 27.6 Å². The first kappa shape index (κ1) is 19.2. The molecule has 1 aliphatic rings. The lowest BCUT2D eigenvalue weighted by molar-refractivity contribution is 0.223. The Kier molecular flexibility index (Phi) is 8.17. The molecule has 0 aliphatic carbocycles. The number of aliphatic imine (C=N–C) groups is 1. The highest BCUT2D eigenvalue weighted by Crippen LogP contribution is 2.15.